The lowest BCUT2D eigenvalue weighted by atomic mass is 10.1. The van der Waals surface area contributed by atoms with Crippen LogP contribution in [0.25, 0.3) is 16.7 Å². The van der Waals surface area contributed by atoms with Crippen molar-refractivity contribution in [1.29, 1.82) is 0 Å². The van der Waals surface area contributed by atoms with Crippen molar-refractivity contribution in [3.05, 3.63) is 73.1 Å². The second-order valence-corrected chi connectivity index (χ2v) is 10.2. The summed E-state index contributed by atoms with van der Waals surface area (Å²) in [4.78, 5) is 24.3. The van der Waals surface area contributed by atoms with Crippen LogP contribution in [0.15, 0.2) is 61.4 Å². The number of nitrogens with zero attached hydrogens (tertiary/aromatic N) is 6. The highest BCUT2D eigenvalue weighted by Gasteiger charge is 2.25. The highest BCUT2D eigenvalue weighted by Crippen LogP contribution is 2.30. The van der Waals surface area contributed by atoms with Crippen molar-refractivity contribution < 1.29 is 18.7 Å². The Balaban J connectivity index is 1.34. The summed E-state index contributed by atoms with van der Waals surface area (Å²) in [6, 6.07) is 10.0. The van der Waals surface area contributed by atoms with Gasteiger partial charge in [0.15, 0.2) is 17.3 Å². The van der Waals surface area contributed by atoms with E-state index in [2.05, 4.69) is 37.2 Å². The van der Waals surface area contributed by atoms with Crippen LogP contribution < -0.4 is 15.5 Å². The van der Waals surface area contributed by atoms with E-state index in [0.29, 0.717) is 55.1 Å². The Kier molecular flexibility index (Phi) is 7.46. The van der Waals surface area contributed by atoms with Gasteiger partial charge in [0.25, 0.3) is 0 Å². The Morgan fingerprint density at radius 3 is 2.62 bits per heavy atom. The summed E-state index contributed by atoms with van der Waals surface area (Å²) in [5.41, 5.74) is 0.889. The average molecular weight is 549 g/mol. The Bertz CT molecular complexity index is 1560. The topological polar surface area (TPSA) is 111 Å². The molecule has 0 unspecified atom stereocenters. The molecular formula is C28H30F2N8O2. The van der Waals surface area contributed by atoms with Crippen LogP contribution in [0.1, 0.15) is 13.8 Å². The zero-order valence-electron chi connectivity index (χ0n) is 22.2. The molecule has 0 atom stereocenters. The minimum absolute atomic E-state index is 0.0663. The predicted octanol–water partition coefficient (Wildman–Crippen LogP) is 3.85. The molecule has 0 radical (unpaired) electrons. The zero-order chi connectivity index (χ0) is 28.4. The first-order chi connectivity index (χ1) is 19.1. The number of hydrogen-bond donors (Lipinski definition) is 3. The monoisotopic (exact) mass is 548 g/mol. The first-order valence-corrected chi connectivity index (χ1v) is 12.8. The molecule has 5 rings (SSSR count). The molecule has 1 aliphatic heterocycles. The van der Waals surface area contributed by atoms with Crippen LogP contribution in [-0.4, -0.2) is 74.0 Å². The summed E-state index contributed by atoms with van der Waals surface area (Å²) in [7, 11) is 0. The number of hydrogen-bond acceptors (Lipinski definition) is 8. The maximum absolute atomic E-state index is 15.2. The quantitative estimate of drug-likeness (QED) is 0.285. The van der Waals surface area contributed by atoms with Gasteiger partial charge in [-0.15, -0.1) is 0 Å². The Labute approximate surface area is 229 Å². The summed E-state index contributed by atoms with van der Waals surface area (Å²) in [5.74, 6) is -2.26. The molecule has 3 N–H and O–H groups in total. The summed E-state index contributed by atoms with van der Waals surface area (Å²) in [6.07, 6.45) is 4.30. The van der Waals surface area contributed by atoms with E-state index in [1.807, 2.05) is 0 Å². The van der Waals surface area contributed by atoms with Crippen LogP contribution in [-0.2, 0) is 4.79 Å². The number of nitrogens with one attached hydrogen (secondary N) is 2. The number of halogens is 2. The molecule has 0 bridgehead atoms. The van der Waals surface area contributed by atoms with E-state index in [1.54, 1.807) is 53.9 Å². The summed E-state index contributed by atoms with van der Waals surface area (Å²) >= 11 is 0. The largest absolute Gasteiger partial charge is 0.389 e. The van der Waals surface area contributed by atoms with Gasteiger partial charge in [-0.25, -0.2) is 18.4 Å². The minimum Gasteiger partial charge on any atom is -0.389 e. The molecule has 0 aliphatic carbocycles. The lowest BCUT2D eigenvalue weighted by molar-refractivity contribution is -0.111. The molecule has 4 aromatic rings. The number of amides is 1. The molecule has 0 spiro atoms. The number of aromatic nitrogens is 4. The van der Waals surface area contributed by atoms with Gasteiger partial charge in [-0.3, -0.25) is 9.69 Å². The van der Waals surface area contributed by atoms with Crippen molar-refractivity contribution >= 4 is 40.0 Å². The highest BCUT2D eigenvalue weighted by atomic mass is 19.2. The molecule has 0 saturated carbocycles. The van der Waals surface area contributed by atoms with E-state index in [9.17, 15) is 9.90 Å². The fourth-order valence-electron chi connectivity index (χ4n) is 4.67. The van der Waals surface area contributed by atoms with E-state index >= 15 is 8.78 Å². The molecule has 2 aromatic carbocycles. The van der Waals surface area contributed by atoms with Gasteiger partial charge in [-0.05, 0) is 50.3 Å². The molecule has 2 aromatic heterocycles. The predicted molar refractivity (Wildman–Crippen MR) is 150 cm³/mol. The lowest BCUT2D eigenvalue weighted by Gasteiger charge is -2.38. The molecule has 10 nitrogen and oxygen atoms in total. The molecule has 40 heavy (non-hydrogen) atoms. The van der Waals surface area contributed by atoms with E-state index in [0.717, 1.165) is 0 Å². The van der Waals surface area contributed by atoms with Crippen LogP contribution in [0.3, 0.4) is 0 Å². The molecule has 1 fully saturated rings. The maximum Gasteiger partial charge on any atom is 0.247 e. The first-order valence-electron chi connectivity index (χ1n) is 12.8. The summed E-state index contributed by atoms with van der Waals surface area (Å²) in [5, 5.41) is 20.5. The van der Waals surface area contributed by atoms with E-state index in [4.69, 9.17) is 0 Å². The third-order valence-electron chi connectivity index (χ3n) is 6.48. The number of rotatable bonds is 8. The van der Waals surface area contributed by atoms with Crippen molar-refractivity contribution in [3.8, 4) is 5.69 Å². The van der Waals surface area contributed by atoms with Crippen molar-refractivity contribution in [3.63, 3.8) is 0 Å². The number of β-amino-alcohol motifs (C(OH)–C–C–N with tert-alkyl or cyclic N) is 1. The molecule has 12 heteroatoms. The van der Waals surface area contributed by atoms with Gasteiger partial charge in [-0.1, -0.05) is 12.6 Å². The Morgan fingerprint density at radius 2 is 1.90 bits per heavy atom. The second kappa shape index (κ2) is 11.0. The molecule has 3 heterocycles. The number of carbonyl (C=O) groups is 1. The van der Waals surface area contributed by atoms with Crippen LogP contribution in [0, 0.1) is 11.6 Å². The second-order valence-electron chi connectivity index (χ2n) is 10.2. The van der Waals surface area contributed by atoms with E-state index in [-0.39, 0.29) is 23.2 Å². The average Bonchev–Trinajstić information content (AvgIpc) is 3.35. The molecule has 1 saturated heterocycles. The van der Waals surface area contributed by atoms with Crippen LogP contribution in [0.4, 0.5) is 31.8 Å². The summed E-state index contributed by atoms with van der Waals surface area (Å²) in [6.45, 7) is 9.77. The van der Waals surface area contributed by atoms with Gasteiger partial charge in [-0.2, -0.15) is 10.1 Å². The minimum atomic E-state index is -1.03. The SMILES string of the molecule is C=CC(=O)Nc1cccc(-n2ncc3cnc(Nc4ccc(N5CCN(CC(C)(C)O)CC5)c(F)c4F)nc32)c1. The van der Waals surface area contributed by atoms with Crippen molar-refractivity contribution in [2.75, 3.05) is 48.3 Å². The molecule has 208 valence electrons. The van der Waals surface area contributed by atoms with E-state index in [1.165, 1.54) is 24.4 Å². The van der Waals surface area contributed by atoms with Gasteiger partial charge >= 0.3 is 0 Å². The highest BCUT2D eigenvalue weighted by molar-refractivity contribution is 5.99. The zero-order valence-corrected chi connectivity index (χ0v) is 22.2. The van der Waals surface area contributed by atoms with Gasteiger partial charge in [0.05, 0.1) is 34.2 Å². The van der Waals surface area contributed by atoms with Gasteiger partial charge in [0.1, 0.15) is 0 Å². The maximum atomic E-state index is 15.2. The smallest absolute Gasteiger partial charge is 0.247 e. The number of aliphatic hydroxyl groups is 1. The lowest BCUT2D eigenvalue weighted by Crippen LogP contribution is -2.50. The number of anilines is 4. The van der Waals surface area contributed by atoms with Crippen LogP contribution >= 0.6 is 0 Å². The standard InChI is InChI=1S/C28H30F2N8O2/c1-4-23(39)33-19-6-5-7-20(14-19)38-26-18(16-32-38)15-31-27(35-26)34-21-8-9-22(25(30)24(21)29)37-12-10-36(11-13-37)17-28(2,3)40/h4-9,14-16,40H,1,10-13,17H2,2-3H3,(H,33,39)(H,31,34,35). The number of piperazine rings is 1. The number of carbonyl (C=O) groups excluding carboxylic acids is 1. The third-order valence-corrected chi connectivity index (χ3v) is 6.48. The molecule has 1 amide bonds. The fraction of sp³-hybridized carbons (Fsp3) is 0.286. The first kappa shape index (κ1) is 27.2. The van der Waals surface area contributed by atoms with Gasteiger partial charge < -0.3 is 20.6 Å². The normalized spacial score (nSPS) is 14.4. The Hall–Kier alpha value is -4.42. The van der Waals surface area contributed by atoms with Crippen molar-refractivity contribution in [2.24, 2.45) is 0 Å². The Morgan fingerprint density at radius 1 is 1.12 bits per heavy atom. The van der Waals surface area contributed by atoms with Crippen LogP contribution in [0.5, 0.6) is 0 Å². The number of fused-ring (bicyclic) bond motifs is 1. The van der Waals surface area contributed by atoms with Gasteiger partial charge in [0, 0.05) is 44.6 Å². The van der Waals surface area contributed by atoms with Crippen molar-refractivity contribution in [1.82, 2.24) is 24.6 Å². The molecular weight excluding hydrogens is 518 g/mol. The molecule has 1 aliphatic rings. The van der Waals surface area contributed by atoms with Gasteiger partial charge in [0.2, 0.25) is 11.9 Å². The summed E-state index contributed by atoms with van der Waals surface area (Å²) < 4.78 is 31.9. The van der Waals surface area contributed by atoms with E-state index < -0.39 is 17.2 Å². The fourth-order valence-corrected chi connectivity index (χ4v) is 4.67. The van der Waals surface area contributed by atoms with Crippen LogP contribution in [0.2, 0.25) is 0 Å². The number of benzene rings is 2. The van der Waals surface area contributed by atoms with Crippen molar-refractivity contribution in [2.45, 2.75) is 19.4 Å². The third kappa shape index (κ3) is 5.92.